The van der Waals surface area contributed by atoms with Gasteiger partial charge in [-0.15, -0.1) is 0 Å². The van der Waals surface area contributed by atoms with Crippen LogP contribution in [0, 0.1) is 35.2 Å². The van der Waals surface area contributed by atoms with E-state index < -0.39 is 35.1 Å². The Labute approximate surface area is 351 Å². The van der Waals surface area contributed by atoms with Crippen molar-refractivity contribution in [2.75, 3.05) is 26.0 Å². The largest absolute Gasteiger partial charge is 0.412 e. The Hall–Kier alpha value is -4.78. The second-order valence-electron chi connectivity index (χ2n) is 15.5. The monoisotopic (exact) mass is 854 g/mol. The topological polar surface area (TPSA) is 48.5 Å². The van der Waals surface area contributed by atoms with Crippen molar-refractivity contribution < 1.29 is 39.5 Å². The Kier molecular flexibility index (Phi) is 22.5. The number of nitrogens with one attached hydrogen (secondary N) is 3. The number of fused-ring (bicyclic) bond motifs is 1. The number of allylic oxidation sites excluding steroid dienone is 10. The Balaban J connectivity index is 0.000000986. The van der Waals surface area contributed by atoms with Gasteiger partial charge in [-0.25, -0.2) is 13.2 Å². The van der Waals surface area contributed by atoms with Gasteiger partial charge in [-0.2, -0.15) is 26.3 Å². The van der Waals surface area contributed by atoms with Crippen LogP contribution in [0.25, 0.3) is 5.70 Å². The van der Waals surface area contributed by atoms with E-state index in [0.29, 0.717) is 41.0 Å². The number of halogens is 9. The molecule has 4 nitrogen and oxygen atoms in total. The highest BCUT2D eigenvalue weighted by atomic mass is 19.4. The minimum absolute atomic E-state index is 0.00362. The number of hydrogen-bond donors (Lipinski definition) is 3. The molecular weight excluding hydrogens is 792 g/mol. The predicted molar refractivity (Wildman–Crippen MR) is 233 cm³/mol. The van der Waals surface area contributed by atoms with Gasteiger partial charge in [0.1, 0.15) is 23.6 Å². The SMILES string of the molecule is C=C/C(=C\C(C/C=C(\CN[C@H]1Nc2c(F)cc(F)cc21)C(C)(C)C)=NC)C(C)(C)C.C=C/C=C(\C)C(F)(F)F.CC.CN/C(=C\C=C(/C)C(F)(F)F)c1ccc(F)cc1C. The van der Waals surface area contributed by atoms with Crippen LogP contribution < -0.4 is 16.0 Å². The summed E-state index contributed by atoms with van der Waals surface area (Å²) >= 11 is 0. The van der Waals surface area contributed by atoms with E-state index in [-0.39, 0.29) is 22.8 Å². The molecule has 0 bridgehead atoms. The molecule has 0 aliphatic carbocycles. The molecule has 0 unspecified atom stereocenters. The van der Waals surface area contributed by atoms with E-state index in [1.165, 1.54) is 35.9 Å². The van der Waals surface area contributed by atoms with Gasteiger partial charge in [0.05, 0.1) is 5.69 Å². The van der Waals surface area contributed by atoms with Crippen molar-refractivity contribution >= 4 is 17.1 Å². The van der Waals surface area contributed by atoms with E-state index in [1.54, 1.807) is 21.0 Å². The van der Waals surface area contributed by atoms with Gasteiger partial charge in [0, 0.05) is 66.8 Å². The first kappa shape index (κ1) is 55.2. The third-order valence-corrected chi connectivity index (χ3v) is 8.91. The summed E-state index contributed by atoms with van der Waals surface area (Å²) in [7, 11) is 3.40. The second kappa shape index (κ2) is 24.5. The molecule has 2 aromatic rings. The molecule has 1 aliphatic heterocycles. The first-order valence-corrected chi connectivity index (χ1v) is 19.4. The van der Waals surface area contributed by atoms with Crippen LogP contribution in [-0.4, -0.2) is 38.7 Å². The zero-order chi connectivity index (χ0) is 46.8. The van der Waals surface area contributed by atoms with Crippen LogP contribution in [0.2, 0.25) is 0 Å². The molecule has 3 rings (SSSR count). The lowest BCUT2D eigenvalue weighted by Crippen LogP contribution is -2.38. The third kappa shape index (κ3) is 18.6. The van der Waals surface area contributed by atoms with Gasteiger partial charge < -0.3 is 10.6 Å². The predicted octanol–water partition coefficient (Wildman–Crippen LogP) is 14.5. The first-order chi connectivity index (χ1) is 27.6. The van der Waals surface area contributed by atoms with Crippen LogP contribution >= 0.6 is 0 Å². The molecule has 3 N–H and O–H groups in total. The maximum absolute atomic E-state index is 13.8. The summed E-state index contributed by atoms with van der Waals surface area (Å²) in [6.07, 6.45) is 2.47. The first-order valence-electron chi connectivity index (χ1n) is 19.4. The zero-order valence-corrected chi connectivity index (χ0v) is 37.2. The summed E-state index contributed by atoms with van der Waals surface area (Å²) in [5.41, 5.74) is 4.78. The zero-order valence-electron chi connectivity index (χ0n) is 37.2. The van der Waals surface area contributed by atoms with Crippen molar-refractivity contribution in [3.8, 4) is 0 Å². The summed E-state index contributed by atoms with van der Waals surface area (Å²) < 4.78 is 112. The van der Waals surface area contributed by atoms with Gasteiger partial charge in [-0.05, 0) is 79.2 Å². The number of benzene rings is 2. The standard InChI is InChI=1S/C25H35F2N3.C14H15F4N.C6H7F3.C2H6/c1-9-16(24(2,3)4)12-19(28-8)11-10-17(25(5,6)7)15-29-23-20-13-18(26)14-21(27)22(20)30-23;1-9-8-11(15)5-6-12(9)13(19-3)7-4-10(2)14(16,17)18;1-3-4-5(2)6(7,8)9;1-2/h9-10,12-14,23,29-30H,1,11,15H2,2-8H3;4-8,19H,1-3H3;3-4H,1H2,2H3;1-2H3/b16-12+,17-10+,28-19?;10-4+,13-7-;5-4+;/t23-;;;/m0.../s1. The van der Waals surface area contributed by atoms with Gasteiger partial charge >= 0.3 is 12.4 Å². The Morgan fingerprint density at radius 2 is 1.38 bits per heavy atom. The number of aliphatic imine (C=N–C) groups is 1. The molecule has 1 atom stereocenters. The van der Waals surface area contributed by atoms with Crippen LogP contribution in [0.4, 0.5) is 45.2 Å². The molecule has 60 heavy (non-hydrogen) atoms. The van der Waals surface area contributed by atoms with Crippen molar-refractivity contribution in [2.45, 2.75) is 101 Å². The number of hydrogen-bond acceptors (Lipinski definition) is 4. The van der Waals surface area contributed by atoms with Crippen LogP contribution in [0.3, 0.4) is 0 Å². The number of aryl methyl sites for hydroxylation is 1. The van der Waals surface area contributed by atoms with Crippen LogP contribution in [-0.2, 0) is 0 Å². The molecule has 0 saturated carbocycles. The summed E-state index contributed by atoms with van der Waals surface area (Å²) in [6.45, 7) is 28.3. The van der Waals surface area contributed by atoms with Gasteiger partial charge in [0.2, 0.25) is 0 Å². The highest BCUT2D eigenvalue weighted by Gasteiger charge is 2.31. The molecular formula is C47H63F9N4. The van der Waals surface area contributed by atoms with Crippen LogP contribution in [0.1, 0.15) is 98.5 Å². The van der Waals surface area contributed by atoms with E-state index in [2.05, 4.69) is 87.8 Å². The fourth-order valence-corrected chi connectivity index (χ4v) is 5.15. The minimum Gasteiger partial charge on any atom is -0.388 e. The summed E-state index contributed by atoms with van der Waals surface area (Å²) in [5, 5.41) is 9.21. The molecule has 2 aromatic carbocycles. The smallest absolute Gasteiger partial charge is 0.388 e. The molecule has 0 fully saturated rings. The highest BCUT2D eigenvalue weighted by Crippen LogP contribution is 2.38. The summed E-state index contributed by atoms with van der Waals surface area (Å²) in [6, 6.07) is 6.41. The lowest BCUT2D eigenvalue weighted by atomic mass is 9.84. The van der Waals surface area contributed by atoms with Crippen molar-refractivity contribution in [1.29, 1.82) is 0 Å². The van der Waals surface area contributed by atoms with Crippen LogP contribution in [0.5, 0.6) is 0 Å². The number of anilines is 1. The summed E-state index contributed by atoms with van der Waals surface area (Å²) in [4.78, 5) is 4.45. The molecule has 0 saturated heterocycles. The number of rotatable bonds is 11. The molecule has 334 valence electrons. The number of alkyl halides is 6. The molecule has 1 aliphatic rings. The van der Waals surface area contributed by atoms with E-state index in [1.807, 2.05) is 19.9 Å². The molecule has 1 heterocycles. The van der Waals surface area contributed by atoms with E-state index in [9.17, 15) is 39.5 Å². The molecule has 0 spiro atoms. The Morgan fingerprint density at radius 1 is 0.817 bits per heavy atom. The number of nitrogens with zero attached hydrogens (tertiary/aromatic N) is 1. The highest BCUT2D eigenvalue weighted by molar-refractivity contribution is 5.97. The van der Waals surface area contributed by atoms with Gasteiger partial charge in [-0.3, -0.25) is 10.3 Å². The van der Waals surface area contributed by atoms with Crippen molar-refractivity contribution in [3.05, 3.63) is 142 Å². The molecule has 0 amide bonds. The Morgan fingerprint density at radius 3 is 1.82 bits per heavy atom. The summed E-state index contributed by atoms with van der Waals surface area (Å²) in [5.74, 6) is -1.49. The molecule has 0 radical (unpaired) electrons. The van der Waals surface area contributed by atoms with Crippen molar-refractivity contribution in [1.82, 2.24) is 10.6 Å². The second-order valence-corrected chi connectivity index (χ2v) is 15.5. The quantitative estimate of drug-likeness (QED) is 0.0913. The van der Waals surface area contributed by atoms with E-state index in [0.717, 1.165) is 49.4 Å². The normalized spacial score (nSPS) is 15.4. The van der Waals surface area contributed by atoms with Crippen molar-refractivity contribution in [3.63, 3.8) is 0 Å². The maximum Gasteiger partial charge on any atom is 0.412 e. The molecule has 0 aromatic heterocycles. The average Bonchev–Trinajstić information content (AvgIpc) is 3.12. The average molecular weight is 855 g/mol. The Bertz CT molecular complexity index is 1910. The fraction of sp³-hybridized carbons (Fsp3) is 0.426. The van der Waals surface area contributed by atoms with Gasteiger partial charge in [0.15, 0.2) is 0 Å². The van der Waals surface area contributed by atoms with Crippen molar-refractivity contribution in [2.24, 2.45) is 15.8 Å². The van der Waals surface area contributed by atoms with Gasteiger partial charge in [0.25, 0.3) is 0 Å². The molecule has 13 heteroatoms. The lowest BCUT2D eigenvalue weighted by molar-refractivity contribution is -0.0921. The minimum atomic E-state index is -4.34. The third-order valence-electron chi connectivity index (χ3n) is 8.91. The van der Waals surface area contributed by atoms with Crippen LogP contribution in [0.15, 0.2) is 113 Å². The fourth-order valence-electron chi connectivity index (χ4n) is 5.15. The maximum atomic E-state index is 13.8. The lowest BCUT2D eigenvalue weighted by Gasteiger charge is -2.35. The van der Waals surface area contributed by atoms with E-state index >= 15 is 0 Å². The van der Waals surface area contributed by atoms with Gasteiger partial charge in [-0.1, -0.05) is 105 Å². The van der Waals surface area contributed by atoms with E-state index in [4.69, 9.17) is 0 Å².